The Balaban J connectivity index is 1.40. The average Bonchev–Trinajstić information content (AvgIpc) is 4.08. The van der Waals surface area contributed by atoms with Crippen molar-refractivity contribution in [2.75, 3.05) is 0 Å². The number of fused-ring (bicyclic) bond motifs is 10. The van der Waals surface area contributed by atoms with Gasteiger partial charge in [-0.3, -0.25) is 0 Å². The first-order valence-corrected chi connectivity index (χ1v) is 19.1. The van der Waals surface area contributed by atoms with Gasteiger partial charge >= 0.3 is 0 Å². The van der Waals surface area contributed by atoms with Crippen molar-refractivity contribution in [1.82, 2.24) is 24.5 Å². The fourth-order valence-electron chi connectivity index (χ4n) is 8.32. The monoisotopic (exact) mass is 737 g/mol. The van der Waals surface area contributed by atoms with Crippen LogP contribution in [0.2, 0.25) is 5.02 Å². The van der Waals surface area contributed by atoms with E-state index < -0.39 is 0 Å². The lowest BCUT2D eigenvalue weighted by Crippen LogP contribution is -2.03. The molecule has 5 aromatic carbocycles. The van der Waals surface area contributed by atoms with E-state index in [-0.39, 0.29) is 0 Å². The first-order chi connectivity index (χ1) is 27.7. The molecule has 0 amide bonds. The van der Waals surface area contributed by atoms with E-state index in [1.165, 1.54) is 0 Å². The third kappa shape index (κ3) is 5.24. The Hall–Kier alpha value is -7.21. The number of benzene rings is 5. The van der Waals surface area contributed by atoms with Gasteiger partial charge in [-0.05, 0) is 89.5 Å². The number of pyridine rings is 1. The highest BCUT2D eigenvalue weighted by Crippen LogP contribution is 2.42. The maximum absolute atomic E-state index is 6.45. The Morgan fingerprint density at radius 1 is 0.464 bits per heavy atom. The fourth-order valence-corrected chi connectivity index (χ4v) is 8.45. The minimum absolute atomic E-state index is 0.690. The summed E-state index contributed by atoms with van der Waals surface area (Å²) in [5, 5.41) is 2.80. The Bertz CT molecular complexity index is 3230. The van der Waals surface area contributed by atoms with E-state index in [2.05, 4.69) is 184 Å². The number of aromatic amines is 2. The van der Waals surface area contributed by atoms with Crippen molar-refractivity contribution >= 4 is 67.6 Å². The van der Waals surface area contributed by atoms with Gasteiger partial charge < -0.3 is 14.5 Å². The summed E-state index contributed by atoms with van der Waals surface area (Å²) in [4.78, 5) is 18.8. The first kappa shape index (κ1) is 32.2. The van der Waals surface area contributed by atoms with Crippen molar-refractivity contribution in [3.8, 4) is 50.5 Å². The number of aromatic nitrogens is 5. The van der Waals surface area contributed by atoms with Gasteiger partial charge in [0, 0.05) is 60.2 Å². The normalized spacial score (nSPS) is 11.9. The quantitative estimate of drug-likeness (QED) is 0.189. The van der Waals surface area contributed by atoms with E-state index in [9.17, 15) is 0 Å². The summed E-state index contributed by atoms with van der Waals surface area (Å²) >= 11 is 6.45. The van der Waals surface area contributed by atoms with E-state index in [0.717, 1.165) is 106 Å². The molecule has 0 fully saturated rings. The second kappa shape index (κ2) is 13.0. The minimum Gasteiger partial charge on any atom is -0.354 e. The lowest BCUT2D eigenvalue weighted by atomic mass is 10.0. The van der Waals surface area contributed by atoms with Gasteiger partial charge in [0.2, 0.25) is 0 Å². The molecule has 11 rings (SSSR count). The van der Waals surface area contributed by atoms with Crippen molar-refractivity contribution in [2.45, 2.75) is 0 Å². The average molecular weight is 738 g/mol. The molecule has 0 atom stereocenters. The maximum atomic E-state index is 6.45. The van der Waals surface area contributed by atoms with Crippen molar-refractivity contribution < 1.29 is 0 Å². The zero-order chi connectivity index (χ0) is 37.2. The SMILES string of the molecule is Clc1ccc(-n2c3cc4nc-3c(c3ccc([nH]3)c(-c3ccccc3)c3nc(c(-c5ccccc5)c5ccc([nH]5)c4-c4ccccc4)C=C3)c3ccccc32)cc1. The van der Waals surface area contributed by atoms with Crippen molar-refractivity contribution in [2.24, 2.45) is 0 Å². The zero-order valence-electron chi connectivity index (χ0n) is 30.0. The number of hydrogen-bond acceptors (Lipinski definition) is 2. The molecular formula is C50H32ClN5. The van der Waals surface area contributed by atoms with E-state index >= 15 is 0 Å². The van der Waals surface area contributed by atoms with Crippen LogP contribution in [0.5, 0.6) is 0 Å². The van der Waals surface area contributed by atoms with Crippen LogP contribution < -0.4 is 0 Å². The molecule has 0 spiro atoms. The molecule has 6 heteroatoms. The second-order valence-corrected chi connectivity index (χ2v) is 14.5. The van der Waals surface area contributed by atoms with Crippen LogP contribution in [0.1, 0.15) is 11.4 Å². The molecule has 3 aliphatic heterocycles. The van der Waals surface area contributed by atoms with Gasteiger partial charge in [-0.25, -0.2) is 9.97 Å². The van der Waals surface area contributed by atoms with E-state index in [1.54, 1.807) is 0 Å². The summed E-state index contributed by atoms with van der Waals surface area (Å²) in [7, 11) is 0. The van der Waals surface area contributed by atoms with Gasteiger partial charge in [0.25, 0.3) is 0 Å². The van der Waals surface area contributed by atoms with Crippen LogP contribution in [0.15, 0.2) is 170 Å². The minimum atomic E-state index is 0.690. The van der Waals surface area contributed by atoms with E-state index in [1.807, 2.05) is 12.1 Å². The summed E-state index contributed by atoms with van der Waals surface area (Å²) in [5.74, 6) is 0. The fraction of sp³-hybridized carbons (Fsp3) is 0. The molecule has 8 aromatic rings. The molecule has 0 radical (unpaired) electrons. The summed E-state index contributed by atoms with van der Waals surface area (Å²) in [6.07, 6.45) is 4.28. The lowest BCUT2D eigenvalue weighted by molar-refractivity contribution is 1.11. The van der Waals surface area contributed by atoms with Gasteiger partial charge in [0.05, 0.1) is 33.8 Å². The lowest BCUT2D eigenvalue weighted by Gasteiger charge is -2.18. The summed E-state index contributed by atoms with van der Waals surface area (Å²) in [6.45, 7) is 0. The van der Waals surface area contributed by atoms with Crippen LogP contribution in [0.3, 0.4) is 0 Å². The van der Waals surface area contributed by atoms with Gasteiger partial charge in [-0.1, -0.05) is 121 Å². The molecule has 6 heterocycles. The molecule has 3 aromatic heterocycles. The maximum Gasteiger partial charge on any atom is 0.0978 e. The number of hydrogen-bond donors (Lipinski definition) is 2. The number of rotatable bonds is 4. The molecule has 3 aliphatic rings. The number of halogens is 1. The van der Waals surface area contributed by atoms with Crippen LogP contribution in [0, 0.1) is 0 Å². The summed E-state index contributed by atoms with van der Waals surface area (Å²) in [5.41, 5.74) is 16.7. The van der Waals surface area contributed by atoms with E-state index in [0.29, 0.717) is 5.02 Å². The van der Waals surface area contributed by atoms with Crippen molar-refractivity contribution in [3.05, 3.63) is 186 Å². The second-order valence-electron chi connectivity index (χ2n) is 14.1. The number of nitrogens with zero attached hydrogens (tertiary/aromatic N) is 3. The largest absolute Gasteiger partial charge is 0.354 e. The highest BCUT2D eigenvalue weighted by atomic mass is 35.5. The van der Waals surface area contributed by atoms with Crippen LogP contribution in [0.4, 0.5) is 0 Å². The Morgan fingerprint density at radius 3 is 1.57 bits per heavy atom. The molecule has 264 valence electrons. The first-order valence-electron chi connectivity index (χ1n) is 18.7. The van der Waals surface area contributed by atoms with Crippen LogP contribution in [-0.2, 0) is 0 Å². The number of H-pyrrole nitrogens is 2. The Labute approximate surface area is 327 Å². The zero-order valence-corrected chi connectivity index (χ0v) is 30.8. The Morgan fingerprint density at radius 2 is 0.964 bits per heavy atom. The molecule has 56 heavy (non-hydrogen) atoms. The molecule has 8 bridgehead atoms. The van der Waals surface area contributed by atoms with Gasteiger partial charge in [-0.15, -0.1) is 0 Å². The van der Waals surface area contributed by atoms with Gasteiger partial charge in [0.15, 0.2) is 0 Å². The predicted molar refractivity (Wildman–Crippen MR) is 233 cm³/mol. The summed E-state index contributed by atoms with van der Waals surface area (Å²) < 4.78 is 2.31. The van der Waals surface area contributed by atoms with Crippen LogP contribution >= 0.6 is 11.6 Å². The standard InChI is InChI=1S/C50H32ClN5/c51-34-20-22-35(23-21-34)56-44-19-11-10-18-36(44)49-42-29-28-40(54-42)47(32-14-6-2-7-15-32)38-25-24-37(52-38)46(31-12-4-1-5-13-31)39-26-27-41(53-39)48(33-16-8-3-9-17-33)43-30-45(56)50(49)55-43/h1-30,53-54H. The summed E-state index contributed by atoms with van der Waals surface area (Å²) in [6, 6.07) is 59.1. The van der Waals surface area contributed by atoms with E-state index in [4.69, 9.17) is 21.6 Å². The van der Waals surface area contributed by atoms with Crippen molar-refractivity contribution in [1.29, 1.82) is 0 Å². The molecular weight excluding hydrogens is 706 g/mol. The molecule has 0 saturated heterocycles. The predicted octanol–water partition coefficient (Wildman–Crippen LogP) is 13.5. The van der Waals surface area contributed by atoms with Crippen molar-refractivity contribution in [3.63, 3.8) is 0 Å². The Kier molecular flexibility index (Phi) is 7.47. The van der Waals surface area contributed by atoms with Gasteiger partial charge in [-0.2, -0.15) is 0 Å². The third-order valence-corrected chi connectivity index (χ3v) is 11.0. The molecule has 0 unspecified atom stereocenters. The molecule has 0 aliphatic carbocycles. The van der Waals surface area contributed by atoms with Crippen LogP contribution in [0.25, 0.3) is 106 Å². The number of nitrogens with one attached hydrogen (secondary N) is 2. The van der Waals surface area contributed by atoms with Gasteiger partial charge in [0.1, 0.15) is 0 Å². The smallest absolute Gasteiger partial charge is 0.0978 e. The number of para-hydroxylation sites is 1. The van der Waals surface area contributed by atoms with Crippen LogP contribution in [-0.4, -0.2) is 24.5 Å². The molecule has 0 saturated carbocycles. The highest BCUT2D eigenvalue weighted by Gasteiger charge is 2.23. The topological polar surface area (TPSA) is 62.3 Å². The third-order valence-electron chi connectivity index (χ3n) is 10.8. The molecule has 2 N–H and O–H groups in total. The highest BCUT2D eigenvalue weighted by molar-refractivity contribution is 6.30. The molecule has 5 nitrogen and oxygen atoms in total.